The number of hydrogen-bond donors (Lipinski definition) is 4. The molecule has 0 fully saturated rings. The molecule has 5 N–H and O–H groups in total. The monoisotopic (exact) mass is 405 g/mol. The predicted molar refractivity (Wildman–Crippen MR) is 107 cm³/mol. The summed E-state index contributed by atoms with van der Waals surface area (Å²) in [6, 6.07) is 9.63. The summed E-state index contributed by atoms with van der Waals surface area (Å²) in [5, 5.41) is 20.0. The maximum atomic E-state index is 9.64. The second-order valence-corrected chi connectivity index (χ2v) is 6.78. The summed E-state index contributed by atoms with van der Waals surface area (Å²) in [5.41, 5.74) is 11.0. The first-order valence-electron chi connectivity index (χ1n) is 9.01. The van der Waals surface area contributed by atoms with E-state index in [0.29, 0.717) is 0 Å². The molecule has 0 amide bonds. The molecule has 0 spiro atoms. The number of pyridine rings is 1. The summed E-state index contributed by atoms with van der Waals surface area (Å²) in [7, 11) is 0. The summed E-state index contributed by atoms with van der Waals surface area (Å²) in [5.74, 6) is -2.15. The van der Waals surface area contributed by atoms with Gasteiger partial charge in [0.25, 0.3) is 0 Å². The number of hydrogen-bond acceptors (Lipinski definition) is 5. The van der Waals surface area contributed by atoms with Crippen molar-refractivity contribution in [3.05, 3.63) is 63.9 Å². The molecule has 0 saturated carbocycles. The fourth-order valence-electron chi connectivity index (χ4n) is 3.03. The van der Waals surface area contributed by atoms with Gasteiger partial charge in [-0.2, -0.15) is 0 Å². The zero-order chi connectivity index (χ0) is 20.5. The van der Waals surface area contributed by atoms with Crippen LogP contribution in [0.5, 0.6) is 0 Å². The van der Waals surface area contributed by atoms with Gasteiger partial charge in [-0.15, -0.1) is 0 Å². The van der Waals surface area contributed by atoms with Crippen molar-refractivity contribution in [3.8, 4) is 0 Å². The maximum absolute atomic E-state index is 9.64. The van der Waals surface area contributed by atoms with Crippen molar-refractivity contribution < 1.29 is 19.8 Å². The van der Waals surface area contributed by atoms with Crippen molar-refractivity contribution in [2.75, 3.05) is 13.1 Å². The van der Waals surface area contributed by atoms with Crippen LogP contribution in [0.2, 0.25) is 5.02 Å². The second-order valence-electron chi connectivity index (χ2n) is 6.37. The number of halogens is 1. The fraction of sp³-hybridized carbons (Fsp3) is 0.350. The number of fused-ring (bicyclic) bond motifs is 1. The van der Waals surface area contributed by atoms with Crippen molar-refractivity contribution in [1.82, 2.24) is 10.3 Å². The lowest BCUT2D eigenvalue weighted by molar-refractivity contribution is -0.143. The van der Waals surface area contributed by atoms with Gasteiger partial charge in [0.1, 0.15) is 0 Å². The van der Waals surface area contributed by atoms with Gasteiger partial charge in [0.2, 0.25) is 0 Å². The van der Waals surface area contributed by atoms with Crippen LogP contribution in [0.15, 0.2) is 36.5 Å². The third-order valence-corrected chi connectivity index (χ3v) is 4.72. The van der Waals surface area contributed by atoms with Crippen LogP contribution in [-0.2, 0) is 22.4 Å². The number of carboxylic acids is 2. The molecule has 1 unspecified atom stereocenters. The summed E-state index contributed by atoms with van der Waals surface area (Å²) in [6.45, 7) is 1.97. The van der Waals surface area contributed by atoms with E-state index in [9.17, 15) is 9.59 Å². The number of aliphatic carboxylic acids is 2. The average Bonchev–Trinajstić information content (AvgIpc) is 2.92. The smallest absolute Gasteiger partial charge is 0.303 e. The number of aromatic nitrogens is 1. The highest BCUT2D eigenvalue weighted by molar-refractivity contribution is 6.31. The molecule has 0 bridgehead atoms. The number of carboxylic acid groups (broad SMARTS) is 2. The Kier molecular flexibility index (Phi) is 8.38. The van der Waals surface area contributed by atoms with Gasteiger partial charge >= 0.3 is 11.9 Å². The molecule has 1 aromatic heterocycles. The SMILES string of the molecule is NC(c1ccccn1)c1c(Cl)ccc2c1CCNCC2.O=C(O)CCC(=O)O. The number of rotatable bonds is 5. The van der Waals surface area contributed by atoms with Crippen LogP contribution in [0.25, 0.3) is 0 Å². The first-order chi connectivity index (χ1) is 13.4. The average molecular weight is 406 g/mol. The fourth-order valence-corrected chi connectivity index (χ4v) is 3.32. The van der Waals surface area contributed by atoms with E-state index >= 15 is 0 Å². The Morgan fingerprint density at radius 2 is 1.79 bits per heavy atom. The number of nitrogens with two attached hydrogens (primary N) is 1. The predicted octanol–water partition coefficient (Wildman–Crippen LogP) is 2.41. The minimum absolute atomic E-state index is 0.267. The van der Waals surface area contributed by atoms with E-state index in [4.69, 9.17) is 27.5 Å². The normalized spacial score (nSPS) is 14.1. The van der Waals surface area contributed by atoms with Gasteiger partial charge in [-0.1, -0.05) is 23.7 Å². The summed E-state index contributed by atoms with van der Waals surface area (Å²) in [6.07, 6.45) is 3.16. The first-order valence-corrected chi connectivity index (χ1v) is 9.39. The van der Waals surface area contributed by atoms with E-state index in [1.807, 2.05) is 24.3 Å². The Bertz CT molecular complexity index is 801. The van der Waals surface area contributed by atoms with Crippen molar-refractivity contribution in [1.29, 1.82) is 0 Å². The third-order valence-electron chi connectivity index (χ3n) is 4.39. The molecule has 2 aromatic rings. The lowest BCUT2D eigenvalue weighted by Gasteiger charge is -2.19. The van der Waals surface area contributed by atoms with Gasteiger partial charge in [-0.05, 0) is 60.8 Å². The van der Waals surface area contributed by atoms with Gasteiger partial charge in [0.15, 0.2) is 0 Å². The molecule has 1 atom stereocenters. The highest BCUT2D eigenvalue weighted by atomic mass is 35.5. The van der Waals surface area contributed by atoms with Crippen molar-refractivity contribution in [3.63, 3.8) is 0 Å². The van der Waals surface area contributed by atoms with Gasteiger partial charge in [0, 0.05) is 11.2 Å². The lowest BCUT2D eigenvalue weighted by atomic mass is 9.91. The van der Waals surface area contributed by atoms with E-state index in [-0.39, 0.29) is 18.9 Å². The van der Waals surface area contributed by atoms with E-state index in [1.165, 1.54) is 11.1 Å². The maximum Gasteiger partial charge on any atom is 0.303 e. The molecule has 1 aliphatic rings. The molecule has 0 aliphatic carbocycles. The molecular weight excluding hydrogens is 382 g/mol. The van der Waals surface area contributed by atoms with E-state index < -0.39 is 11.9 Å². The molecule has 28 heavy (non-hydrogen) atoms. The molecule has 0 saturated heterocycles. The van der Waals surface area contributed by atoms with Crippen molar-refractivity contribution in [2.45, 2.75) is 31.7 Å². The Hall–Kier alpha value is -2.48. The van der Waals surface area contributed by atoms with E-state index in [0.717, 1.165) is 42.2 Å². The Morgan fingerprint density at radius 3 is 2.39 bits per heavy atom. The Labute approximate surface area is 168 Å². The summed E-state index contributed by atoms with van der Waals surface area (Å²) >= 11 is 6.43. The van der Waals surface area contributed by atoms with Crippen molar-refractivity contribution in [2.24, 2.45) is 5.73 Å². The van der Waals surface area contributed by atoms with Gasteiger partial charge in [0.05, 0.1) is 24.6 Å². The number of benzene rings is 1. The van der Waals surface area contributed by atoms with Crippen LogP contribution in [0.3, 0.4) is 0 Å². The molecule has 150 valence electrons. The first kappa shape index (κ1) is 21.8. The van der Waals surface area contributed by atoms with Crippen LogP contribution in [0, 0.1) is 0 Å². The minimum atomic E-state index is -1.08. The molecule has 0 radical (unpaired) electrons. The van der Waals surface area contributed by atoms with Crippen LogP contribution < -0.4 is 11.1 Å². The lowest BCUT2D eigenvalue weighted by Crippen LogP contribution is -2.18. The zero-order valence-corrected chi connectivity index (χ0v) is 16.2. The molecule has 7 nitrogen and oxygen atoms in total. The van der Waals surface area contributed by atoms with E-state index in [2.05, 4.69) is 16.4 Å². The second kappa shape index (κ2) is 10.8. The Balaban J connectivity index is 0.000000300. The molecule has 8 heteroatoms. The third kappa shape index (κ3) is 6.30. The number of carbonyl (C=O) groups is 2. The number of nitrogens with zero attached hydrogens (tertiary/aromatic N) is 1. The van der Waals surface area contributed by atoms with Gasteiger partial charge in [-0.3, -0.25) is 14.6 Å². The highest BCUT2D eigenvalue weighted by Crippen LogP contribution is 2.32. The van der Waals surface area contributed by atoms with Crippen LogP contribution in [-0.4, -0.2) is 40.2 Å². The quantitative estimate of drug-likeness (QED) is 0.601. The van der Waals surface area contributed by atoms with Gasteiger partial charge in [-0.25, -0.2) is 0 Å². The number of nitrogens with one attached hydrogen (secondary N) is 1. The molecule has 1 aromatic carbocycles. The van der Waals surface area contributed by atoms with Crippen LogP contribution in [0.1, 0.15) is 41.3 Å². The van der Waals surface area contributed by atoms with E-state index in [1.54, 1.807) is 6.20 Å². The zero-order valence-electron chi connectivity index (χ0n) is 15.4. The largest absolute Gasteiger partial charge is 0.481 e. The highest BCUT2D eigenvalue weighted by Gasteiger charge is 2.21. The molecular formula is C20H24ClN3O4. The van der Waals surface area contributed by atoms with Crippen LogP contribution >= 0.6 is 11.6 Å². The van der Waals surface area contributed by atoms with Crippen LogP contribution in [0.4, 0.5) is 0 Å². The molecule has 1 aliphatic heterocycles. The topological polar surface area (TPSA) is 126 Å². The molecule has 3 rings (SSSR count). The molecule has 2 heterocycles. The van der Waals surface area contributed by atoms with Gasteiger partial charge < -0.3 is 21.3 Å². The minimum Gasteiger partial charge on any atom is -0.481 e. The summed E-state index contributed by atoms with van der Waals surface area (Å²) < 4.78 is 0. The van der Waals surface area contributed by atoms with Crippen molar-refractivity contribution >= 4 is 23.5 Å². The Morgan fingerprint density at radius 1 is 1.11 bits per heavy atom. The summed E-state index contributed by atoms with van der Waals surface area (Å²) in [4.78, 5) is 23.7. The standard InChI is InChI=1S/C16H18ClN3.C4H6O4/c17-13-5-4-11-6-9-19-10-7-12(11)15(13)16(18)14-3-1-2-8-20-14;5-3(6)1-2-4(7)8/h1-5,8,16,19H,6-7,9-10,18H2;1-2H2,(H,5,6)(H,7,8).